The average molecular weight is 220 g/mol. The van der Waals surface area contributed by atoms with Crippen molar-refractivity contribution in [1.82, 2.24) is 4.90 Å². The summed E-state index contributed by atoms with van der Waals surface area (Å²) in [6.07, 6.45) is 6.19. The molecule has 0 bridgehead atoms. The van der Waals surface area contributed by atoms with Gasteiger partial charge in [-0.1, -0.05) is 12.8 Å². The van der Waals surface area contributed by atoms with Crippen molar-refractivity contribution < 1.29 is 4.74 Å². The second kappa shape index (κ2) is 6.65. The SMILES string of the molecule is COCCCN(C)C1CCCCC1Cl. The van der Waals surface area contributed by atoms with E-state index in [9.17, 15) is 0 Å². The molecule has 2 unspecified atom stereocenters. The predicted molar refractivity (Wildman–Crippen MR) is 61.0 cm³/mol. The van der Waals surface area contributed by atoms with E-state index < -0.39 is 0 Å². The lowest BCUT2D eigenvalue weighted by atomic mass is 9.94. The van der Waals surface area contributed by atoms with Crippen molar-refractivity contribution in [2.75, 3.05) is 27.3 Å². The molecule has 0 aliphatic heterocycles. The van der Waals surface area contributed by atoms with Crippen LogP contribution in [0.1, 0.15) is 32.1 Å². The summed E-state index contributed by atoms with van der Waals surface area (Å²) >= 11 is 6.32. The number of halogens is 1. The molecule has 0 aromatic rings. The van der Waals surface area contributed by atoms with Crippen LogP contribution in [0.25, 0.3) is 0 Å². The largest absolute Gasteiger partial charge is 0.385 e. The first-order valence-electron chi connectivity index (χ1n) is 5.59. The molecule has 0 amide bonds. The number of alkyl halides is 1. The van der Waals surface area contributed by atoms with E-state index in [1.54, 1.807) is 7.11 Å². The number of rotatable bonds is 5. The fourth-order valence-electron chi connectivity index (χ4n) is 2.19. The van der Waals surface area contributed by atoms with Crippen LogP contribution < -0.4 is 0 Å². The Morgan fingerprint density at radius 2 is 2.07 bits per heavy atom. The smallest absolute Gasteiger partial charge is 0.0491 e. The highest BCUT2D eigenvalue weighted by Crippen LogP contribution is 2.26. The molecule has 14 heavy (non-hydrogen) atoms. The molecule has 0 heterocycles. The van der Waals surface area contributed by atoms with Crippen LogP contribution in [0.5, 0.6) is 0 Å². The van der Waals surface area contributed by atoms with Crippen molar-refractivity contribution in [2.45, 2.75) is 43.5 Å². The van der Waals surface area contributed by atoms with Crippen LogP contribution in [0.4, 0.5) is 0 Å². The van der Waals surface area contributed by atoms with Gasteiger partial charge in [0.15, 0.2) is 0 Å². The third-order valence-corrected chi connectivity index (χ3v) is 3.58. The molecular formula is C11H22ClNO. The van der Waals surface area contributed by atoms with Gasteiger partial charge in [0.2, 0.25) is 0 Å². The van der Waals surface area contributed by atoms with Crippen molar-refractivity contribution in [3.63, 3.8) is 0 Å². The molecule has 84 valence electrons. The van der Waals surface area contributed by atoms with Gasteiger partial charge in [-0.3, -0.25) is 0 Å². The summed E-state index contributed by atoms with van der Waals surface area (Å²) in [7, 11) is 3.94. The second-order valence-electron chi connectivity index (χ2n) is 4.19. The maximum Gasteiger partial charge on any atom is 0.0491 e. The van der Waals surface area contributed by atoms with Crippen molar-refractivity contribution in [1.29, 1.82) is 0 Å². The van der Waals surface area contributed by atoms with Crippen molar-refractivity contribution in [3.05, 3.63) is 0 Å². The second-order valence-corrected chi connectivity index (χ2v) is 4.76. The molecule has 0 aromatic carbocycles. The Labute approximate surface area is 92.6 Å². The molecule has 0 spiro atoms. The number of methoxy groups -OCH3 is 1. The molecule has 0 radical (unpaired) electrons. The first kappa shape index (κ1) is 12.3. The molecule has 1 fully saturated rings. The first-order valence-corrected chi connectivity index (χ1v) is 6.02. The van der Waals surface area contributed by atoms with Gasteiger partial charge in [0.1, 0.15) is 0 Å². The Bertz CT molecular complexity index is 154. The summed E-state index contributed by atoms with van der Waals surface area (Å²) in [6, 6.07) is 0.585. The lowest BCUT2D eigenvalue weighted by molar-refractivity contribution is 0.151. The highest BCUT2D eigenvalue weighted by molar-refractivity contribution is 6.21. The molecule has 0 N–H and O–H groups in total. The Morgan fingerprint density at radius 3 is 2.71 bits per heavy atom. The number of ether oxygens (including phenoxy) is 1. The van der Waals surface area contributed by atoms with E-state index in [1.807, 2.05) is 0 Å². The Hall–Kier alpha value is 0.210. The van der Waals surface area contributed by atoms with E-state index in [0.717, 1.165) is 19.6 Å². The van der Waals surface area contributed by atoms with Crippen LogP contribution in [0.15, 0.2) is 0 Å². The van der Waals surface area contributed by atoms with Crippen molar-refractivity contribution in [3.8, 4) is 0 Å². The lowest BCUT2D eigenvalue weighted by Gasteiger charge is -2.34. The van der Waals surface area contributed by atoms with Crippen LogP contribution in [0, 0.1) is 0 Å². The van der Waals surface area contributed by atoms with E-state index in [1.165, 1.54) is 25.7 Å². The zero-order chi connectivity index (χ0) is 10.4. The average Bonchev–Trinajstić information content (AvgIpc) is 2.18. The highest BCUT2D eigenvalue weighted by atomic mass is 35.5. The van der Waals surface area contributed by atoms with Gasteiger partial charge >= 0.3 is 0 Å². The molecule has 2 atom stereocenters. The van der Waals surface area contributed by atoms with Crippen molar-refractivity contribution >= 4 is 11.6 Å². The van der Waals surface area contributed by atoms with E-state index in [2.05, 4.69) is 11.9 Å². The fourth-order valence-corrected chi connectivity index (χ4v) is 2.66. The predicted octanol–water partition coefficient (Wildman–Crippen LogP) is 2.50. The first-order chi connectivity index (χ1) is 6.75. The maximum atomic E-state index is 6.32. The molecule has 1 aliphatic rings. The normalized spacial score (nSPS) is 28.3. The van der Waals surface area contributed by atoms with E-state index in [-0.39, 0.29) is 0 Å². The number of hydrogen-bond donors (Lipinski definition) is 0. The molecule has 1 aliphatic carbocycles. The van der Waals surface area contributed by atoms with Gasteiger partial charge in [-0.25, -0.2) is 0 Å². The van der Waals surface area contributed by atoms with E-state index in [4.69, 9.17) is 16.3 Å². The minimum Gasteiger partial charge on any atom is -0.385 e. The Morgan fingerprint density at radius 1 is 1.36 bits per heavy atom. The Balaban J connectivity index is 2.23. The fraction of sp³-hybridized carbons (Fsp3) is 1.00. The number of nitrogens with zero attached hydrogens (tertiary/aromatic N) is 1. The highest BCUT2D eigenvalue weighted by Gasteiger charge is 2.25. The standard InChI is InChI=1S/C11H22ClNO/c1-13(8-5-9-14-2)11-7-4-3-6-10(11)12/h10-11H,3-9H2,1-2H3. The monoisotopic (exact) mass is 219 g/mol. The van der Waals surface area contributed by atoms with E-state index in [0.29, 0.717) is 11.4 Å². The molecule has 3 heteroatoms. The summed E-state index contributed by atoms with van der Waals surface area (Å²) in [6.45, 7) is 1.95. The molecule has 0 aromatic heterocycles. The third-order valence-electron chi connectivity index (χ3n) is 3.07. The van der Waals surface area contributed by atoms with Crippen molar-refractivity contribution in [2.24, 2.45) is 0 Å². The van der Waals surface area contributed by atoms with Gasteiger partial charge in [0.25, 0.3) is 0 Å². The molecule has 1 saturated carbocycles. The molecule has 1 rings (SSSR count). The zero-order valence-corrected chi connectivity index (χ0v) is 10.1. The third kappa shape index (κ3) is 3.76. The Kier molecular flexibility index (Phi) is 5.83. The van der Waals surface area contributed by atoms with Crippen LogP contribution in [-0.4, -0.2) is 43.6 Å². The van der Waals surface area contributed by atoms with Gasteiger partial charge in [0.05, 0.1) is 0 Å². The summed E-state index contributed by atoms with van der Waals surface area (Å²) in [5.74, 6) is 0. The van der Waals surface area contributed by atoms with Gasteiger partial charge in [-0.2, -0.15) is 0 Å². The minimum atomic E-state index is 0.358. The van der Waals surface area contributed by atoms with Gasteiger partial charge in [0, 0.05) is 31.7 Å². The van der Waals surface area contributed by atoms with Crippen LogP contribution >= 0.6 is 11.6 Å². The number of hydrogen-bond acceptors (Lipinski definition) is 2. The quantitative estimate of drug-likeness (QED) is 0.521. The maximum absolute atomic E-state index is 6.32. The van der Waals surface area contributed by atoms with Gasteiger partial charge in [-0.15, -0.1) is 11.6 Å². The summed E-state index contributed by atoms with van der Waals surface area (Å²) < 4.78 is 5.05. The summed E-state index contributed by atoms with van der Waals surface area (Å²) in [4.78, 5) is 2.40. The van der Waals surface area contributed by atoms with E-state index >= 15 is 0 Å². The van der Waals surface area contributed by atoms with Gasteiger partial charge < -0.3 is 9.64 Å². The lowest BCUT2D eigenvalue weighted by Crippen LogP contribution is -2.41. The van der Waals surface area contributed by atoms with Crippen LogP contribution in [0.2, 0.25) is 0 Å². The minimum absolute atomic E-state index is 0.358. The topological polar surface area (TPSA) is 12.5 Å². The summed E-state index contributed by atoms with van der Waals surface area (Å²) in [5.41, 5.74) is 0. The van der Waals surface area contributed by atoms with Crippen LogP contribution in [0.3, 0.4) is 0 Å². The van der Waals surface area contributed by atoms with Gasteiger partial charge in [-0.05, 0) is 26.3 Å². The molecule has 2 nitrogen and oxygen atoms in total. The molecule has 0 saturated heterocycles. The summed E-state index contributed by atoms with van der Waals surface area (Å²) in [5, 5.41) is 0.358. The molecular weight excluding hydrogens is 198 g/mol. The van der Waals surface area contributed by atoms with Crippen LogP contribution in [-0.2, 0) is 4.74 Å². The zero-order valence-electron chi connectivity index (χ0n) is 9.34.